The smallest absolute Gasteiger partial charge is 0.224 e. The SMILES string of the molecule is CNc1ncc(C)c(Nc2ccc(Br)cc2C)n1. The Morgan fingerprint density at radius 1 is 1.17 bits per heavy atom. The molecule has 0 unspecified atom stereocenters. The van der Waals surface area contributed by atoms with E-state index < -0.39 is 0 Å². The first kappa shape index (κ1) is 12.8. The number of rotatable bonds is 3. The summed E-state index contributed by atoms with van der Waals surface area (Å²) in [5, 5.41) is 6.26. The quantitative estimate of drug-likeness (QED) is 0.909. The number of nitrogens with one attached hydrogen (secondary N) is 2. The molecule has 0 amide bonds. The molecule has 0 aliphatic rings. The van der Waals surface area contributed by atoms with Crippen molar-refractivity contribution < 1.29 is 0 Å². The van der Waals surface area contributed by atoms with Crippen molar-refractivity contribution in [1.29, 1.82) is 0 Å². The van der Waals surface area contributed by atoms with Gasteiger partial charge in [-0.15, -0.1) is 0 Å². The highest BCUT2D eigenvalue weighted by molar-refractivity contribution is 9.10. The zero-order valence-electron chi connectivity index (χ0n) is 10.6. The van der Waals surface area contributed by atoms with Gasteiger partial charge in [-0.3, -0.25) is 0 Å². The molecule has 2 aromatic rings. The summed E-state index contributed by atoms with van der Waals surface area (Å²) in [4.78, 5) is 8.57. The lowest BCUT2D eigenvalue weighted by atomic mass is 10.2. The van der Waals surface area contributed by atoms with Gasteiger partial charge < -0.3 is 10.6 Å². The fourth-order valence-electron chi connectivity index (χ4n) is 1.58. The van der Waals surface area contributed by atoms with Crippen LogP contribution in [0.4, 0.5) is 17.5 Å². The second-order valence-electron chi connectivity index (χ2n) is 4.06. The molecule has 0 saturated heterocycles. The van der Waals surface area contributed by atoms with E-state index in [4.69, 9.17) is 0 Å². The van der Waals surface area contributed by atoms with Crippen molar-refractivity contribution in [3.05, 3.63) is 40.0 Å². The Hall–Kier alpha value is -1.62. The minimum atomic E-state index is 0.609. The summed E-state index contributed by atoms with van der Waals surface area (Å²) in [5.41, 5.74) is 3.21. The van der Waals surface area contributed by atoms with Crippen molar-refractivity contribution in [2.45, 2.75) is 13.8 Å². The standard InChI is InChI=1S/C13H15BrN4/c1-8-6-10(14)4-5-11(8)17-12-9(2)7-16-13(15-3)18-12/h4-7H,1-3H3,(H2,15,16,17,18). The van der Waals surface area contributed by atoms with Gasteiger partial charge in [-0.05, 0) is 37.6 Å². The number of nitrogens with zero attached hydrogens (tertiary/aromatic N) is 2. The number of benzene rings is 1. The summed E-state index contributed by atoms with van der Waals surface area (Å²) < 4.78 is 1.07. The maximum atomic E-state index is 4.40. The second-order valence-corrected chi connectivity index (χ2v) is 4.98. The molecule has 0 aliphatic heterocycles. The molecule has 1 aromatic carbocycles. The number of aromatic nitrogens is 2. The van der Waals surface area contributed by atoms with Crippen molar-refractivity contribution in [3.63, 3.8) is 0 Å². The molecule has 4 nitrogen and oxygen atoms in total. The van der Waals surface area contributed by atoms with Gasteiger partial charge in [0.15, 0.2) is 0 Å². The van der Waals surface area contributed by atoms with Gasteiger partial charge in [0.05, 0.1) is 0 Å². The normalized spacial score (nSPS) is 10.2. The maximum absolute atomic E-state index is 4.40. The summed E-state index contributed by atoms with van der Waals surface area (Å²) in [7, 11) is 1.80. The second kappa shape index (κ2) is 5.35. The minimum absolute atomic E-state index is 0.609. The molecule has 0 atom stereocenters. The van der Waals surface area contributed by atoms with Crippen molar-refractivity contribution in [3.8, 4) is 0 Å². The van der Waals surface area contributed by atoms with Gasteiger partial charge in [-0.25, -0.2) is 4.98 Å². The Morgan fingerprint density at radius 2 is 1.94 bits per heavy atom. The number of hydrogen-bond donors (Lipinski definition) is 2. The Labute approximate surface area is 115 Å². The summed E-state index contributed by atoms with van der Waals surface area (Å²) in [6, 6.07) is 6.10. The van der Waals surface area contributed by atoms with Crippen LogP contribution in [0, 0.1) is 13.8 Å². The fourth-order valence-corrected chi connectivity index (χ4v) is 2.06. The van der Waals surface area contributed by atoms with Gasteiger partial charge in [-0.2, -0.15) is 4.98 Å². The van der Waals surface area contributed by atoms with Crippen molar-refractivity contribution >= 4 is 33.4 Å². The van der Waals surface area contributed by atoms with Crippen LogP contribution in [0.5, 0.6) is 0 Å². The van der Waals surface area contributed by atoms with E-state index in [0.717, 1.165) is 27.1 Å². The highest BCUT2D eigenvalue weighted by Crippen LogP contribution is 2.24. The van der Waals surface area contributed by atoms with Crippen LogP contribution in [0.2, 0.25) is 0 Å². The third-order valence-electron chi connectivity index (χ3n) is 2.64. The Kier molecular flexibility index (Phi) is 3.81. The molecular weight excluding hydrogens is 292 g/mol. The third-order valence-corrected chi connectivity index (χ3v) is 3.13. The monoisotopic (exact) mass is 306 g/mol. The fraction of sp³-hybridized carbons (Fsp3) is 0.231. The molecule has 2 N–H and O–H groups in total. The van der Waals surface area contributed by atoms with E-state index >= 15 is 0 Å². The molecule has 1 heterocycles. The van der Waals surface area contributed by atoms with Gasteiger partial charge in [0, 0.05) is 29.0 Å². The van der Waals surface area contributed by atoms with Gasteiger partial charge in [0.25, 0.3) is 0 Å². The van der Waals surface area contributed by atoms with E-state index in [1.807, 2.05) is 19.1 Å². The largest absolute Gasteiger partial charge is 0.357 e. The molecule has 0 bridgehead atoms. The van der Waals surface area contributed by atoms with Crippen LogP contribution in [0.25, 0.3) is 0 Å². The highest BCUT2D eigenvalue weighted by Gasteiger charge is 2.05. The first-order valence-corrected chi connectivity index (χ1v) is 6.44. The first-order chi connectivity index (χ1) is 8.60. The lowest BCUT2D eigenvalue weighted by Crippen LogP contribution is -2.03. The van der Waals surface area contributed by atoms with Gasteiger partial charge in [0.1, 0.15) is 5.82 Å². The van der Waals surface area contributed by atoms with Crippen molar-refractivity contribution in [1.82, 2.24) is 9.97 Å². The lowest BCUT2D eigenvalue weighted by molar-refractivity contribution is 1.12. The molecule has 0 spiro atoms. The van der Waals surface area contributed by atoms with Crippen LogP contribution in [0.15, 0.2) is 28.9 Å². The van der Waals surface area contributed by atoms with E-state index in [1.54, 1.807) is 13.2 Å². The predicted molar refractivity (Wildman–Crippen MR) is 78.5 cm³/mol. The molecule has 0 radical (unpaired) electrons. The number of anilines is 3. The molecule has 94 valence electrons. The summed E-state index contributed by atoms with van der Waals surface area (Å²) in [5.74, 6) is 1.43. The molecule has 0 aliphatic carbocycles. The van der Waals surface area contributed by atoms with Gasteiger partial charge >= 0.3 is 0 Å². The molecule has 1 aromatic heterocycles. The van der Waals surface area contributed by atoms with Gasteiger partial charge in [-0.1, -0.05) is 15.9 Å². The topological polar surface area (TPSA) is 49.8 Å². The van der Waals surface area contributed by atoms with Crippen LogP contribution < -0.4 is 10.6 Å². The average Bonchev–Trinajstić information content (AvgIpc) is 2.35. The van der Waals surface area contributed by atoms with E-state index in [2.05, 4.69) is 49.5 Å². The van der Waals surface area contributed by atoms with Crippen molar-refractivity contribution in [2.75, 3.05) is 17.7 Å². The molecule has 0 fully saturated rings. The zero-order valence-corrected chi connectivity index (χ0v) is 12.2. The number of aryl methyl sites for hydroxylation is 2. The number of halogens is 1. The first-order valence-electron chi connectivity index (χ1n) is 5.64. The average molecular weight is 307 g/mol. The zero-order chi connectivity index (χ0) is 13.1. The van der Waals surface area contributed by atoms with Crippen LogP contribution in [0.1, 0.15) is 11.1 Å². The highest BCUT2D eigenvalue weighted by atomic mass is 79.9. The summed E-state index contributed by atoms with van der Waals surface area (Å²) in [6.45, 7) is 4.04. The Balaban J connectivity index is 2.33. The summed E-state index contributed by atoms with van der Waals surface area (Å²) in [6.07, 6.45) is 1.80. The maximum Gasteiger partial charge on any atom is 0.224 e. The van der Waals surface area contributed by atoms with E-state index in [9.17, 15) is 0 Å². The predicted octanol–water partition coefficient (Wildman–Crippen LogP) is 3.64. The molecule has 0 saturated carbocycles. The molecule has 18 heavy (non-hydrogen) atoms. The Bertz CT molecular complexity index is 569. The van der Waals surface area contributed by atoms with E-state index in [0.29, 0.717) is 5.95 Å². The van der Waals surface area contributed by atoms with E-state index in [1.165, 1.54) is 0 Å². The lowest BCUT2D eigenvalue weighted by Gasteiger charge is -2.12. The molecular formula is C13H15BrN4. The van der Waals surface area contributed by atoms with Gasteiger partial charge in [0.2, 0.25) is 5.95 Å². The van der Waals surface area contributed by atoms with Crippen LogP contribution >= 0.6 is 15.9 Å². The van der Waals surface area contributed by atoms with Crippen molar-refractivity contribution in [2.24, 2.45) is 0 Å². The molecule has 5 heteroatoms. The summed E-state index contributed by atoms with van der Waals surface area (Å²) >= 11 is 3.46. The van der Waals surface area contributed by atoms with E-state index in [-0.39, 0.29) is 0 Å². The van der Waals surface area contributed by atoms with Crippen LogP contribution in [-0.4, -0.2) is 17.0 Å². The van der Waals surface area contributed by atoms with Crippen LogP contribution in [-0.2, 0) is 0 Å². The third kappa shape index (κ3) is 2.79. The number of hydrogen-bond acceptors (Lipinski definition) is 4. The Morgan fingerprint density at radius 3 is 2.61 bits per heavy atom. The minimum Gasteiger partial charge on any atom is -0.357 e. The molecule has 2 rings (SSSR count). The van der Waals surface area contributed by atoms with Crippen LogP contribution in [0.3, 0.4) is 0 Å².